The number of aliphatic hydroxyl groups excluding tert-OH is 1. The van der Waals surface area contributed by atoms with E-state index in [2.05, 4.69) is 20.1 Å². The average molecular weight is 691 g/mol. The van der Waals surface area contributed by atoms with Crippen LogP contribution in [0.3, 0.4) is 0 Å². The Morgan fingerprint density at radius 1 is 1.14 bits per heavy atom. The van der Waals surface area contributed by atoms with Crippen molar-refractivity contribution in [2.24, 2.45) is 5.92 Å². The predicted octanol–water partition coefficient (Wildman–Crippen LogP) is 4.28. The molecule has 1 aliphatic rings. The number of aliphatic hydroxyl groups is 1. The van der Waals surface area contributed by atoms with Crippen molar-refractivity contribution in [2.45, 2.75) is 51.3 Å². The van der Waals surface area contributed by atoms with Gasteiger partial charge in [0.15, 0.2) is 10.7 Å². The van der Waals surface area contributed by atoms with Gasteiger partial charge in [0.05, 0.1) is 29.6 Å². The summed E-state index contributed by atoms with van der Waals surface area (Å²) in [5.41, 5.74) is 9.03. The molecule has 5 rings (SSSR count). The number of nitrogens with one attached hydrogen (secondary N) is 2. The van der Waals surface area contributed by atoms with Crippen LogP contribution in [-0.2, 0) is 16.6 Å². The predicted molar refractivity (Wildman–Crippen MR) is 186 cm³/mol. The number of fused-ring (bicyclic) bond motifs is 1. The van der Waals surface area contributed by atoms with Gasteiger partial charge in [0.25, 0.3) is 21.8 Å². The number of benzene rings is 3. The molecule has 0 saturated carbocycles. The van der Waals surface area contributed by atoms with Gasteiger partial charge in [-0.2, -0.15) is 0 Å². The maximum atomic E-state index is 13.8. The lowest BCUT2D eigenvalue weighted by molar-refractivity contribution is 0.0341. The van der Waals surface area contributed by atoms with Gasteiger partial charge in [-0.1, -0.05) is 36.3 Å². The lowest BCUT2D eigenvalue weighted by atomic mass is 9.99. The number of likely N-dealkylation sites (N-methyl/N-ethyl adjacent to an activating group) is 1. The first kappa shape index (κ1) is 35.4. The number of aryl methyl sites for hydroxylation is 2. The van der Waals surface area contributed by atoms with Crippen LogP contribution in [0.5, 0.6) is 5.75 Å². The SMILES string of the molecule is Cc1noc(C)c1S(=O)(=O)Nc1ccc2c(c1)C(=O)N([C@H](C)CO)C[C@@H](C)[C@H](CN(C)Cc1ccc(C(=O)Nc3ccccc3N)cc1)O2. The molecule has 0 aliphatic carbocycles. The Balaban J connectivity index is 1.33. The number of amides is 2. The fourth-order valence-corrected chi connectivity index (χ4v) is 7.20. The number of rotatable bonds is 11. The van der Waals surface area contributed by atoms with Crippen LogP contribution in [0.1, 0.15) is 51.6 Å². The van der Waals surface area contributed by atoms with Gasteiger partial charge in [-0.25, -0.2) is 8.42 Å². The Morgan fingerprint density at radius 2 is 1.86 bits per heavy atom. The van der Waals surface area contributed by atoms with Gasteiger partial charge in [-0.15, -0.1) is 0 Å². The number of para-hydroxylation sites is 2. The summed E-state index contributed by atoms with van der Waals surface area (Å²) >= 11 is 0. The second-order valence-electron chi connectivity index (χ2n) is 12.5. The van der Waals surface area contributed by atoms with Crippen LogP contribution in [0.15, 0.2) is 76.1 Å². The summed E-state index contributed by atoms with van der Waals surface area (Å²) in [4.78, 5) is 30.2. The lowest BCUT2D eigenvalue weighted by Gasteiger charge is -2.38. The molecule has 0 spiro atoms. The number of nitrogens with two attached hydrogens (primary N) is 1. The molecule has 1 aromatic heterocycles. The van der Waals surface area contributed by atoms with Gasteiger partial charge in [0.1, 0.15) is 17.5 Å². The number of hydrogen-bond acceptors (Lipinski definition) is 10. The van der Waals surface area contributed by atoms with Gasteiger partial charge >= 0.3 is 0 Å². The quantitative estimate of drug-likeness (QED) is 0.166. The molecule has 5 N–H and O–H groups in total. The molecule has 2 amide bonds. The van der Waals surface area contributed by atoms with Crippen molar-refractivity contribution >= 4 is 38.9 Å². The number of ether oxygens (including phenoxy) is 1. The van der Waals surface area contributed by atoms with Gasteiger partial charge < -0.3 is 30.3 Å². The van der Waals surface area contributed by atoms with Gasteiger partial charge in [0.2, 0.25) is 0 Å². The molecule has 3 aromatic carbocycles. The van der Waals surface area contributed by atoms with Crippen molar-refractivity contribution in [1.82, 2.24) is 15.0 Å². The monoisotopic (exact) mass is 690 g/mol. The number of hydrogen-bond donors (Lipinski definition) is 4. The molecule has 4 aromatic rings. The molecule has 2 heterocycles. The summed E-state index contributed by atoms with van der Waals surface area (Å²) in [5, 5.41) is 16.6. The smallest absolute Gasteiger partial charge is 0.267 e. The highest BCUT2D eigenvalue weighted by molar-refractivity contribution is 7.92. The van der Waals surface area contributed by atoms with E-state index in [1.807, 2.05) is 26.1 Å². The summed E-state index contributed by atoms with van der Waals surface area (Å²) in [6.45, 7) is 7.91. The Bertz CT molecular complexity index is 1910. The second-order valence-corrected chi connectivity index (χ2v) is 14.1. The molecule has 260 valence electrons. The molecule has 14 heteroatoms. The van der Waals surface area contributed by atoms with E-state index in [0.29, 0.717) is 42.3 Å². The van der Waals surface area contributed by atoms with Crippen molar-refractivity contribution < 1.29 is 32.4 Å². The topological polar surface area (TPSA) is 180 Å². The molecule has 13 nitrogen and oxygen atoms in total. The Kier molecular flexibility index (Phi) is 10.6. The molecule has 1 aliphatic heterocycles. The van der Waals surface area contributed by atoms with Crippen LogP contribution < -0.4 is 20.5 Å². The summed E-state index contributed by atoms with van der Waals surface area (Å²) in [5.74, 6) is -0.311. The third-order valence-electron chi connectivity index (χ3n) is 8.52. The highest BCUT2D eigenvalue weighted by Gasteiger charge is 2.34. The number of nitrogen functional groups attached to an aromatic ring is 1. The molecule has 0 bridgehead atoms. The van der Waals surface area contributed by atoms with Crippen LogP contribution >= 0.6 is 0 Å². The molecule has 0 saturated heterocycles. The second kappa shape index (κ2) is 14.7. The summed E-state index contributed by atoms with van der Waals surface area (Å²) in [6.07, 6.45) is -0.364. The van der Waals surface area contributed by atoms with Gasteiger partial charge in [-0.05, 0) is 75.8 Å². The maximum Gasteiger partial charge on any atom is 0.267 e. The zero-order chi connectivity index (χ0) is 35.5. The normalized spacial score (nSPS) is 17.1. The number of carbonyl (C=O) groups is 2. The van der Waals surface area contributed by atoms with E-state index >= 15 is 0 Å². The first-order valence-electron chi connectivity index (χ1n) is 15.9. The van der Waals surface area contributed by atoms with Crippen molar-refractivity contribution in [2.75, 3.05) is 42.5 Å². The summed E-state index contributed by atoms with van der Waals surface area (Å²) < 4.78 is 40.5. The summed E-state index contributed by atoms with van der Waals surface area (Å²) in [7, 11) is -2.10. The molecule has 0 radical (unpaired) electrons. The zero-order valence-electron chi connectivity index (χ0n) is 28.1. The van der Waals surface area contributed by atoms with Crippen molar-refractivity contribution in [3.63, 3.8) is 0 Å². The largest absolute Gasteiger partial charge is 0.488 e. The van der Waals surface area contributed by atoms with Crippen LogP contribution in [0, 0.1) is 19.8 Å². The van der Waals surface area contributed by atoms with Crippen LogP contribution in [0.25, 0.3) is 0 Å². The van der Waals surface area contributed by atoms with Crippen molar-refractivity contribution in [1.29, 1.82) is 0 Å². The molecular formula is C35H42N6O7S. The standard InChI is InChI=1S/C35H42N6O7S/c1-21-17-41(22(2)20-42)35(44)28-16-27(39-49(45,46)33-23(3)38-48-24(33)4)14-15-31(28)47-32(21)19-40(5)18-25-10-12-26(13-11-25)34(43)37-30-9-7-6-8-29(30)36/h6-16,21-22,32,39,42H,17-20,36H2,1-5H3,(H,37,43)/t21-,22-,32+/m1/s1. The number of nitrogens with zero attached hydrogens (tertiary/aromatic N) is 3. The Labute approximate surface area is 286 Å². The third kappa shape index (κ3) is 8.04. The first-order valence-corrected chi connectivity index (χ1v) is 17.4. The fourth-order valence-electron chi connectivity index (χ4n) is 5.82. The fraction of sp³-hybridized carbons (Fsp3) is 0.343. The van der Waals surface area contributed by atoms with E-state index in [1.54, 1.807) is 60.4 Å². The van der Waals surface area contributed by atoms with Crippen molar-refractivity contribution in [3.05, 3.63) is 94.9 Å². The number of carbonyl (C=O) groups excluding carboxylic acids is 2. The van der Waals surface area contributed by atoms with E-state index in [4.69, 9.17) is 15.0 Å². The van der Waals surface area contributed by atoms with E-state index in [-0.39, 0.29) is 58.0 Å². The molecule has 3 atom stereocenters. The van der Waals surface area contributed by atoms with E-state index in [1.165, 1.54) is 19.9 Å². The minimum absolute atomic E-state index is 0.0652. The average Bonchev–Trinajstić information content (AvgIpc) is 3.42. The lowest BCUT2D eigenvalue weighted by Crippen LogP contribution is -2.49. The number of aromatic nitrogens is 1. The van der Waals surface area contributed by atoms with Crippen LogP contribution in [0.2, 0.25) is 0 Å². The Morgan fingerprint density at radius 3 is 2.51 bits per heavy atom. The molecule has 0 unspecified atom stereocenters. The highest BCUT2D eigenvalue weighted by Crippen LogP contribution is 2.32. The number of sulfonamides is 1. The molecule has 0 fully saturated rings. The minimum Gasteiger partial charge on any atom is -0.488 e. The summed E-state index contributed by atoms with van der Waals surface area (Å²) in [6, 6.07) is 18.5. The Hall–Kier alpha value is -4.92. The van der Waals surface area contributed by atoms with Crippen molar-refractivity contribution in [3.8, 4) is 5.75 Å². The minimum atomic E-state index is -4.06. The maximum absolute atomic E-state index is 13.8. The van der Waals surface area contributed by atoms with Gasteiger partial charge in [0, 0.05) is 36.8 Å². The highest BCUT2D eigenvalue weighted by atomic mass is 32.2. The van der Waals surface area contributed by atoms with Crippen LogP contribution in [-0.4, -0.2) is 79.2 Å². The molecular weight excluding hydrogens is 648 g/mol. The number of anilines is 3. The van der Waals surface area contributed by atoms with Gasteiger partial charge in [-0.3, -0.25) is 19.2 Å². The molecule has 49 heavy (non-hydrogen) atoms. The van der Waals surface area contributed by atoms with Crippen LogP contribution in [0.4, 0.5) is 17.1 Å². The third-order valence-corrected chi connectivity index (χ3v) is 10.1. The van der Waals surface area contributed by atoms with E-state index in [0.717, 1.165) is 5.56 Å². The zero-order valence-corrected chi connectivity index (χ0v) is 29.0. The van der Waals surface area contributed by atoms with E-state index < -0.39 is 16.1 Å². The first-order chi connectivity index (χ1) is 23.3. The van der Waals surface area contributed by atoms with E-state index in [9.17, 15) is 23.1 Å².